The fraction of sp³-hybridized carbons (Fsp3) is 0.297. The first-order chi connectivity index (χ1) is 21.6. The molecule has 236 valence electrons. The monoisotopic (exact) mass is 625 g/mol. The maximum absolute atomic E-state index is 14.5. The minimum absolute atomic E-state index is 0.0810. The Morgan fingerprint density at radius 1 is 0.800 bits per heavy atom. The van der Waals surface area contributed by atoms with E-state index < -0.39 is 28.5 Å². The molecule has 0 radical (unpaired) electrons. The van der Waals surface area contributed by atoms with Crippen molar-refractivity contribution in [2.24, 2.45) is 0 Å². The van der Waals surface area contributed by atoms with Gasteiger partial charge in [-0.3, -0.25) is 13.9 Å². The Morgan fingerprint density at radius 2 is 1.42 bits per heavy atom. The first-order valence-corrected chi connectivity index (χ1v) is 16.9. The highest BCUT2D eigenvalue weighted by molar-refractivity contribution is 7.92. The Bertz CT molecular complexity index is 1660. The van der Waals surface area contributed by atoms with Crippen LogP contribution in [-0.4, -0.2) is 44.3 Å². The molecule has 7 nitrogen and oxygen atoms in total. The molecule has 4 aromatic rings. The number of anilines is 1. The van der Waals surface area contributed by atoms with E-state index in [0.717, 1.165) is 33.0 Å². The number of nitrogens with one attached hydrogen (secondary N) is 1. The first-order valence-electron chi connectivity index (χ1n) is 15.4. The summed E-state index contributed by atoms with van der Waals surface area (Å²) in [6, 6.07) is 31.9. The molecule has 0 saturated carbocycles. The van der Waals surface area contributed by atoms with Crippen molar-refractivity contribution < 1.29 is 18.0 Å². The van der Waals surface area contributed by atoms with E-state index in [0.29, 0.717) is 12.2 Å². The average Bonchev–Trinajstić information content (AvgIpc) is 3.05. The fourth-order valence-electron chi connectivity index (χ4n) is 5.20. The lowest BCUT2D eigenvalue weighted by atomic mass is 10.0. The lowest BCUT2D eigenvalue weighted by Gasteiger charge is -2.34. The van der Waals surface area contributed by atoms with Gasteiger partial charge in [0.2, 0.25) is 11.8 Å². The summed E-state index contributed by atoms with van der Waals surface area (Å²) in [5.41, 5.74) is 4.20. The number of carbonyl (C=O) groups is 2. The molecule has 0 heterocycles. The van der Waals surface area contributed by atoms with Gasteiger partial charge in [-0.05, 0) is 60.2 Å². The van der Waals surface area contributed by atoms with Crippen LogP contribution in [0.3, 0.4) is 0 Å². The van der Waals surface area contributed by atoms with Gasteiger partial charge in [-0.25, -0.2) is 8.42 Å². The molecule has 0 unspecified atom stereocenters. The number of hydrogen-bond donors (Lipinski definition) is 1. The van der Waals surface area contributed by atoms with Gasteiger partial charge in [-0.1, -0.05) is 111 Å². The summed E-state index contributed by atoms with van der Waals surface area (Å²) >= 11 is 0. The number of nitrogens with zero attached hydrogens (tertiary/aromatic N) is 2. The summed E-state index contributed by atoms with van der Waals surface area (Å²) in [6.45, 7) is 8.21. The van der Waals surface area contributed by atoms with Crippen LogP contribution in [0.15, 0.2) is 114 Å². The van der Waals surface area contributed by atoms with E-state index in [4.69, 9.17) is 0 Å². The van der Waals surface area contributed by atoms with Crippen LogP contribution in [0.4, 0.5) is 5.69 Å². The Kier molecular flexibility index (Phi) is 11.5. The van der Waals surface area contributed by atoms with E-state index in [1.807, 2.05) is 80.6 Å². The van der Waals surface area contributed by atoms with Crippen molar-refractivity contribution in [3.63, 3.8) is 0 Å². The topological polar surface area (TPSA) is 86.8 Å². The molecule has 45 heavy (non-hydrogen) atoms. The van der Waals surface area contributed by atoms with Gasteiger partial charge in [-0.15, -0.1) is 0 Å². The Morgan fingerprint density at radius 3 is 2.02 bits per heavy atom. The van der Waals surface area contributed by atoms with Crippen LogP contribution >= 0.6 is 0 Å². The molecule has 0 aromatic heterocycles. The molecular weight excluding hydrogens is 582 g/mol. The molecule has 0 aliphatic rings. The van der Waals surface area contributed by atoms with Crippen LogP contribution in [0.5, 0.6) is 0 Å². The lowest BCUT2D eigenvalue weighted by molar-refractivity contribution is -0.140. The van der Waals surface area contributed by atoms with Crippen molar-refractivity contribution in [2.45, 2.75) is 63.9 Å². The standard InChI is InChI=1S/C37H43N3O4S/c1-5-23-38-37(42)35(25-30-14-8-6-9-15-30)39(26-31-16-12-13-29(4)24-31)36(41)27-40(33-21-19-32(20-22-33)28(2)3)45(43,44)34-17-10-7-11-18-34/h6-22,24,28,35H,5,23,25-27H2,1-4H3,(H,38,42)/t35-/m0/s1. The quantitative estimate of drug-likeness (QED) is 0.174. The minimum Gasteiger partial charge on any atom is -0.354 e. The van der Waals surface area contributed by atoms with Gasteiger partial charge in [0.05, 0.1) is 10.6 Å². The van der Waals surface area contributed by atoms with Crippen molar-refractivity contribution >= 4 is 27.5 Å². The zero-order chi connectivity index (χ0) is 32.4. The fourth-order valence-corrected chi connectivity index (χ4v) is 6.64. The number of sulfonamides is 1. The maximum atomic E-state index is 14.5. The molecule has 4 aromatic carbocycles. The molecule has 4 rings (SSSR count). The summed E-state index contributed by atoms with van der Waals surface area (Å²) < 4.78 is 29.4. The second-order valence-corrected chi connectivity index (χ2v) is 13.4. The SMILES string of the molecule is CCCNC(=O)[C@H](Cc1ccccc1)N(Cc1cccc(C)c1)C(=O)CN(c1ccc(C(C)C)cc1)S(=O)(=O)c1ccccc1. The molecule has 0 fully saturated rings. The van der Waals surface area contributed by atoms with Crippen molar-refractivity contribution in [2.75, 3.05) is 17.4 Å². The van der Waals surface area contributed by atoms with Gasteiger partial charge in [-0.2, -0.15) is 0 Å². The molecule has 2 amide bonds. The normalized spacial score (nSPS) is 12.0. The predicted molar refractivity (Wildman–Crippen MR) is 180 cm³/mol. The molecule has 0 aliphatic heterocycles. The van der Waals surface area contributed by atoms with Crippen molar-refractivity contribution in [3.05, 3.63) is 131 Å². The molecular formula is C37H43N3O4S. The Hall–Kier alpha value is -4.43. The van der Waals surface area contributed by atoms with Crippen LogP contribution in [0, 0.1) is 6.92 Å². The number of carbonyl (C=O) groups excluding carboxylic acids is 2. The zero-order valence-electron chi connectivity index (χ0n) is 26.5. The predicted octanol–water partition coefficient (Wildman–Crippen LogP) is 6.48. The van der Waals surface area contributed by atoms with Crippen molar-refractivity contribution in [3.8, 4) is 0 Å². The van der Waals surface area contributed by atoms with Crippen LogP contribution in [0.2, 0.25) is 0 Å². The van der Waals surface area contributed by atoms with Gasteiger partial charge in [0.1, 0.15) is 12.6 Å². The van der Waals surface area contributed by atoms with Crippen molar-refractivity contribution in [1.29, 1.82) is 0 Å². The summed E-state index contributed by atoms with van der Waals surface area (Å²) in [5, 5.41) is 2.98. The summed E-state index contributed by atoms with van der Waals surface area (Å²) in [6.07, 6.45) is 1.02. The number of hydrogen-bond acceptors (Lipinski definition) is 4. The number of rotatable bonds is 14. The number of aryl methyl sites for hydroxylation is 1. The molecule has 0 aliphatic carbocycles. The summed E-state index contributed by atoms with van der Waals surface area (Å²) in [5.74, 6) is -0.498. The Labute approximate surface area is 268 Å². The number of benzene rings is 4. The van der Waals surface area contributed by atoms with E-state index in [2.05, 4.69) is 19.2 Å². The molecule has 0 saturated heterocycles. The largest absolute Gasteiger partial charge is 0.354 e. The van der Waals surface area contributed by atoms with E-state index in [-0.39, 0.29) is 29.7 Å². The minimum atomic E-state index is -4.13. The molecule has 1 atom stereocenters. The van der Waals surface area contributed by atoms with Crippen molar-refractivity contribution in [1.82, 2.24) is 10.2 Å². The third-order valence-corrected chi connectivity index (χ3v) is 9.50. The number of amides is 2. The first kappa shape index (κ1) is 33.5. The summed E-state index contributed by atoms with van der Waals surface area (Å²) in [4.78, 5) is 29.9. The van der Waals surface area contributed by atoms with E-state index in [1.165, 1.54) is 17.0 Å². The highest BCUT2D eigenvalue weighted by Gasteiger charge is 2.34. The Balaban J connectivity index is 1.79. The van der Waals surface area contributed by atoms with E-state index in [9.17, 15) is 18.0 Å². The van der Waals surface area contributed by atoms with E-state index >= 15 is 0 Å². The van der Waals surface area contributed by atoms with Gasteiger partial charge < -0.3 is 10.2 Å². The third kappa shape index (κ3) is 8.82. The highest BCUT2D eigenvalue weighted by atomic mass is 32.2. The van der Waals surface area contributed by atoms with Crippen LogP contribution < -0.4 is 9.62 Å². The summed E-state index contributed by atoms with van der Waals surface area (Å²) in [7, 11) is -4.13. The molecule has 0 bridgehead atoms. The zero-order valence-corrected chi connectivity index (χ0v) is 27.3. The average molecular weight is 626 g/mol. The van der Waals surface area contributed by atoms with Gasteiger partial charge in [0.15, 0.2) is 0 Å². The van der Waals surface area contributed by atoms with E-state index in [1.54, 1.807) is 30.3 Å². The second-order valence-electron chi connectivity index (χ2n) is 11.6. The lowest BCUT2D eigenvalue weighted by Crippen LogP contribution is -2.53. The van der Waals surface area contributed by atoms with Crippen LogP contribution in [-0.2, 0) is 32.6 Å². The highest BCUT2D eigenvalue weighted by Crippen LogP contribution is 2.27. The van der Waals surface area contributed by atoms with Crippen LogP contribution in [0.25, 0.3) is 0 Å². The van der Waals surface area contributed by atoms with Gasteiger partial charge in [0, 0.05) is 19.5 Å². The molecule has 1 N–H and O–H groups in total. The van der Waals surface area contributed by atoms with Gasteiger partial charge >= 0.3 is 0 Å². The molecule has 8 heteroatoms. The maximum Gasteiger partial charge on any atom is 0.264 e. The second kappa shape index (κ2) is 15.5. The molecule has 0 spiro atoms. The van der Waals surface area contributed by atoms with Gasteiger partial charge in [0.25, 0.3) is 10.0 Å². The smallest absolute Gasteiger partial charge is 0.264 e. The van der Waals surface area contributed by atoms with Crippen LogP contribution in [0.1, 0.15) is 55.4 Å². The third-order valence-electron chi connectivity index (χ3n) is 7.71.